The van der Waals surface area contributed by atoms with E-state index in [-0.39, 0.29) is 12.3 Å². The lowest BCUT2D eigenvalue weighted by Gasteiger charge is -2.17. The van der Waals surface area contributed by atoms with Gasteiger partial charge in [0, 0.05) is 16.7 Å². The molecule has 1 amide bonds. The molecule has 0 radical (unpaired) electrons. The summed E-state index contributed by atoms with van der Waals surface area (Å²) in [4.78, 5) is 23.3. The molecule has 120 valence electrons. The third-order valence-corrected chi connectivity index (χ3v) is 3.73. The van der Waals surface area contributed by atoms with Crippen LogP contribution in [0.2, 0.25) is 0 Å². The number of rotatable bonds is 7. The van der Waals surface area contributed by atoms with Gasteiger partial charge >= 0.3 is 5.97 Å². The number of hydrogen-bond donors (Lipinski definition) is 3. The molecule has 2 aromatic rings. The highest BCUT2D eigenvalue weighted by atomic mass is 79.9. The van der Waals surface area contributed by atoms with Crippen LogP contribution in [0.25, 0.3) is 0 Å². The molecule has 1 atom stereocenters. The van der Waals surface area contributed by atoms with Crippen molar-refractivity contribution in [3.63, 3.8) is 0 Å². The van der Waals surface area contributed by atoms with Gasteiger partial charge in [-0.3, -0.25) is 9.59 Å². The molecule has 0 unspecified atom stereocenters. The van der Waals surface area contributed by atoms with E-state index < -0.39 is 12.0 Å². The predicted molar refractivity (Wildman–Crippen MR) is 92.1 cm³/mol. The van der Waals surface area contributed by atoms with Gasteiger partial charge in [0.15, 0.2) is 0 Å². The molecule has 0 fully saturated rings. The van der Waals surface area contributed by atoms with E-state index in [1.807, 2.05) is 30.3 Å². The van der Waals surface area contributed by atoms with E-state index in [9.17, 15) is 9.59 Å². The number of amides is 1. The normalized spacial score (nSPS) is 11.7. The van der Waals surface area contributed by atoms with E-state index >= 15 is 0 Å². The smallest absolute Gasteiger partial charge is 0.305 e. The van der Waals surface area contributed by atoms with Crippen molar-refractivity contribution in [3.05, 3.63) is 64.6 Å². The van der Waals surface area contributed by atoms with Crippen molar-refractivity contribution in [2.75, 3.05) is 5.32 Å². The maximum atomic E-state index is 12.3. The van der Waals surface area contributed by atoms with Crippen molar-refractivity contribution in [1.29, 1.82) is 0 Å². The zero-order valence-electron chi connectivity index (χ0n) is 12.3. The molecule has 0 saturated carbocycles. The fraction of sp³-hybridized carbons (Fsp3) is 0.176. The van der Waals surface area contributed by atoms with E-state index in [4.69, 9.17) is 5.11 Å². The minimum atomic E-state index is -1.03. The second kappa shape index (κ2) is 8.45. The summed E-state index contributed by atoms with van der Waals surface area (Å²) < 4.78 is 0.903. The van der Waals surface area contributed by atoms with Gasteiger partial charge < -0.3 is 15.7 Å². The third kappa shape index (κ3) is 5.84. The van der Waals surface area contributed by atoms with Crippen molar-refractivity contribution >= 4 is 33.5 Å². The Morgan fingerprint density at radius 1 is 1.04 bits per heavy atom. The molecule has 0 spiro atoms. The van der Waals surface area contributed by atoms with Crippen LogP contribution >= 0.6 is 15.9 Å². The van der Waals surface area contributed by atoms with Gasteiger partial charge in [0.05, 0.1) is 12.5 Å². The van der Waals surface area contributed by atoms with E-state index in [0.717, 1.165) is 10.0 Å². The molecular formula is C17H17BrN2O3. The number of aliphatic carboxylic acids is 1. The van der Waals surface area contributed by atoms with Crippen LogP contribution in [0.1, 0.15) is 12.0 Å². The van der Waals surface area contributed by atoms with Crippen molar-refractivity contribution in [1.82, 2.24) is 5.32 Å². The number of hydrogen-bond acceptors (Lipinski definition) is 3. The van der Waals surface area contributed by atoms with Gasteiger partial charge in [-0.15, -0.1) is 0 Å². The Labute approximate surface area is 142 Å². The fourth-order valence-corrected chi connectivity index (χ4v) is 2.30. The van der Waals surface area contributed by atoms with Gasteiger partial charge in [0.2, 0.25) is 5.91 Å². The Morgan fingerprint density at radius 3 is 2.30 bits per heavy atom. The quantitative estimate of drug-likeness (QED) is 0.693. The second-order valence-electron chi connectivity index (χ2n) is 5.01. The van der Waals surface area contributed by atoms with Crippen LogP contribution in [0.3, 0.4) is 0 Å². The van der Waals surface area contributed by atoms with Crippen molar-refractivity contribution in [2.45, 2.75) is 19.0 Å². The maximum Gasteiger partial charge on any atom is 0.305 e. The summed E-state index contributed by atoms with van der Waals surface area (Å²) in [5, 5.41) is 14.7. The van der Waals surface area contributed by atoms with Crippen molar-refractivity contribution < 1.29 is 14.7 Å². The average Bonchev–Trinajstić information content (AvgIpc) is 2.54. The maximum absolute atomic E-state index is 12.3. The van der Waals surface area contributed by atoms with Gasteiger partial charge in [-0.2, -0.15) is 0 Å². The molecule has 0 aliphatic rings. The SMILES string of the molecule is O=C(O)C[C@@H](NCc1ccccc1)C(=O)Nc1ccc(Br)cc1. The first-order valence-corrected chi connectivity index (χ1v) is 7.89. The van der Waals surface area contributed by atoms with Crippen LogP contribution in [-0.2, 0) is 16.1 Å². The van der Waals surface area contributed by atoms with Crippen LogP contribution in [0.5, 0.6) is 0 Å². The van der Waals surface area contributed by atoms with Crippen LogP contribution < -0.4 is 10.6 Å². The number of halogens is 1. The van der Waals surface area contributed by atoms with Gasteiger partial charge in [0.1, 0.15) is 0 Å². The van der Waals surface area contributed by atoms with Crippen molar-refractivity contribution in [3.8, 4) is 0 Å². The first kappa shape index (κ1) is 17.2. The Balaban J connectivity index is 2.00. The fourth-order valence-electron chi connectivity index (χ4n) is 2.03. The minimum Gasteiger partial charge on any atom is -0.481 e. The minimum absolute atomic E-state index is 0.283. The number of carbonyl (C=O) groups excluding carboxylic acids is 1. The van der Waals surface area contributed by atoms with E-state index in [1.165, 1.54) is 0 Å². The number of nitrogens with one attached hydrogen (secondary N) is 2. The molecule has 3 N–H and O–H groups in total. The monoisotopic (exact) mass is 376 g/mol. The van der Waals surface area contributed by atoms with Gasteiger partial charge in [-0.1, -0.05) is 46.3 Å². The lowest BCUT2D eigenvalue weighted by atomic mass is 10.1. The third-order valence-electron chi connectivity index (χ3n) is 3.20. The van der Waals surface area contributed by atoms with E-state index in [0.29, 0.717) is 12.2 Å². The molecule has 2 aromatic carbocycles. The number of carboxylic acid groups (broad SMARTS) is 1. The summed E-state index contributed by atoms with van der Waals surface area (Å²) in [5.41, 5.74) is 1.61. The molecule has 0 bridgehead atoms. The first-order chi connectivity index (χ1) is 11.0. The summed E-state index contributed by atoms with van der Waals surface area (Å²) in [6.07, 6.45) is -0.283. The number of carboxylic acids is 1. The molecule has 0 aliphatic carbocycles. The zero-order chi connectivity index (χ0) is 16.7. The van der Waals surface area contributed by atoms with Crippen LogP contribution in [0.4, 0.5) is 5.69 Å². The lowest BCUT2D eigenvalue weighted by Crippen LogP contribution is -2.41. The van der Waals surface area contributed by atoms with Gasteiger partial charge in [-0.05, 0) is 29.8 Å². The molecule has 23 heavy (non-hydrogen) atoms. The predicted octanol–water partition coefficient (Wildman–Crippen LogP) is 3.02. The second-order valence-corrected chi connectivity index (χ2v) is 5.93. The molecule has 0 saturated heterocycles. The van der Waals surface area contributed by atoms with Crippen LogP contribution in [0, 0.1) is 0 Å². The Kier molecular flexibility index (Phi) is 6.31. The highest BCUT2D eigenvalue weighted by molar-refractivity contribution is 9.10. The highest BCUT2D eigenvalue weighted by Crippen LogP contribution is 2.14. The number of anilines is 1. The molecule has 2 rings (SSSR count). The lowest BCUT2D eigenvalue weighted by molar-refractivity contribution is -0.139. The molecule has 6 heteroatoms. The van der Waals surface area contributed by atoms with Crippen molar-refractivity contribution in [2.24, 2.45) is 0 Å². The van der Waals surface area contributed by atoms with E-state index in [2.05, 4.69) is 26.6 Å². The number of carbonyl (C=O) groups is 2. The first-order valence-electron chi connectivity index (χ1n) is 7.10. The summed E-state index contributed by atoms with van der Waals surface area (Å²) >= 11 is 3.32. The van der Waals surface area contributed by atoms with Gasteiger partial charge in [-0.25, -0.2) is 0 Å². The molecule has 5 nitrogen and oxygen atoms in total. The van der Waals surface area contributed by atoms with Crippen LogP contribution in [0.15, 0.2) is 59.1 Å². The Bertz CT molecular complexity index is 659. The Morgan fingerprint density at radius 2 is 1.70 bits per heavy atom. The standard InChI is InChI=1S/C17H17BrN2O3/c18-13-6-8-14(9-7-13)20-17(23)15(10-16(21)22)19-11-12-4-2-1-3-5-12/h1-9,15,19H,10-11H2,(H,20,23)(H,21,22)/t15-/m1/s1. The molecule has 0 aromatic heterocycles. The molecule has 0 heterocycles. The molecular weight excluding hydrogens is 360 g/mol. The number of benzene rings is 2. The largest absolute Gasteiger partial charge is 0.481 e. The van der Waals surface area contributed by atoms with Crippen LogP contribution in [-0.4, -0.2) is 23.0 Å². The average molecular weight is 377 g/mol. The summed E-state index contributed by atoms with van der Waals surface area (Å²) in [5.74, 6) is -1.40. The topological polar surface area (TPSA) is 78.4 Å². The molecule has 0 aliphatic heterocycles. The zero-order valence-corrected chi connectivity index (χ0v) is 13.9. The highest BCUT2D eigenvalue weighted by Gasteiger charge is 2.21. The van der Waals surface area contributed by atoms with E-state index in [1.54, 1.807) is 24.3 Å². The summed E-state index contributed by atoms with van der Waals surface area (Å²) in [6.45, 7) is 0.423. The summed E-state index contributed by atoms with van der Waals surface area (Å²) in [6, 6.07) is 15.8. The van der Waals surface area contributed by atoms with Gasteiger partial charge in [0.25, 0.3) is 0 Å². The summed E-state index contributed by atoms with van der Waals surface area (Å²) in [7, 11) is 0. The Hall–Kier alpha value is -2.18.